The SMILES string of the molecule is Cc1noc2nc(-c3ccc(F)cc3)cc(C(=O)NCc3ccc4c(c3)OCO4)c12. The second-order valence-electron chi connectivity index (χ2n) is 6.88. The highest BCUT2D eigenvalue weighted by atomic mass is 19.1. The Kier molecular flexibility index (Phi) is 4.31. The van der Waals surface area contributed by atoms with Gasteiger partial charge in [-0.15, -0.1) is 0 Å². The van der Waals surface area contributed by atoms with Gasteiger partial charge in [-0.1, -0.05) is 11.2 Å². The summed E-state index contributed by atoms with van der Waals surface area (Å²) >= 11 is 0. The molecule has 0 fully saturated rings. The van der Waals surface area contributed by atoms with Crippen molar-refractivity contribution in [1.82, 2.24) is 15.5 Å². The Hall–Kier alpha value is -3.94. The molecule has 0 bridgehead atoms. The van der Waals surface area contributed by atoms with Gasteiger partial charge in [-0.3, -0.25) is 4.79 Å². The summed E-state index contributed by atoms with van der Waals surface area (Å²) in [5.74, 6) is 0.693. The van der Waals surface area contributed by atoms with Crippen LogP contribution in [-0.4, -0.2) is 22.8 Å². The number of pyridine rings is 1. The molecule has 1 N–H and O–H groups in total. The van der Waals surface area contributed by atoms with Crippen LogP contribution in [0.1, 0.15) is 21.6 Å². The zero-order valence-corrected chi connectivity index (χ0v) is 15.9. The third-order valence-corrected chi connectivity index (χ3v) is 4.89. The molecule has 8 heteroatoms. The summed E-state index contributed by atoms with van der Waals surface area (Å²) in [5.41, 5.74) is 3.24. The van der Waals surface area contributed by atoms with Crippen LogP contribution < -0.4 is 14.8 Å². The van der Waals surface area contributed by atoms with Crippen molar-refractivity contribution in [2.45, 2.75) is 13.5 Å². The molecule has 0 unspecified atom stereocenters. The number of nitrogens with zero attached hydrogens (tertiary/aromatic N) is 2. The molecule has 0 radical (unpaired) electrons. The van der Waals surface area contributed by atoms with Gasteiger partial charge in [0.15, 0.2) is 11.5 Å². The highest BCUT2D eigenvalue weighted by Gasteiger charge is 2.20. The lowest BCUT2D eigenvalue weighted by atomic mass is 10.0. The maximum Gasteiger partial charge on any atom is 0.259 e. The van der Waals surface area contributed by atoms with Gasteiger partial charge in [0, 0.05) is 12.1 Å². The van der Waals surface area contributed by atoms with Crippen LogP contribution in [0.5, 0.6) is 11.5 Å². The van der Waals surface area contributed by atoms with E-state index in [1.807, 2.05) is 18.2 Å². The van der Waals surface area contributed by atoms with E-state index in [2.05, 4.69) is 15.5 Å². The summed E-state index contributed by atoms with van der Waals surface area (Å²) in [4.78, 5) is 17.5. The number of rotatable bonds is 4. The third-order valence-electron chi connectivity index (χ3n) is 4.89. The average molecular weight is 405 g/mol. The number of amides is 1. The summed E-state index contributed by atoms with van der Waals surface area (Å²) in [6, 6.07) is 13.0. The molecule has 4 aromatic rings. The first-order valence-electron chi connectivity index (χ1n) is 9.28. The lowest BCUT2D eigenvalue weighted by molar-refractivity contribution is 0.0952. The van der Waals surface area contributed by atoms with Crippen LogP contribution in [0.2, 0.25) is 0 Å². The number of hydrogen-bond donors (Lipinski definition) is 1. The van der Waals surface area contributed by atoms with Crippen molar-refractivity contribution in [1.29, 1.82) is 0 Å². The fraction of sp³-hybridized carbons (Fsp3) is 0.136. The van der Waals surface area contributed by atoms with Crippen molar-refractivity contribution in [2.24, 2.45) is 0 Å². The number of fused-ring (bicyclic) bond motifs is 2. The van der Waals surface area contributed by atoms with E-state index in [0.717, 1.165) is 5.56 Å². The molecule has 1 aliphatic rings. The molecule has 2 aromatic carbocycles. The van der Waals surface area contributed by atoms with E-state index >= 15 is 0 Å². The number of halogens is 1. The fourth-order valence-electron chi connectivity index (χ4n) is 3.37. The Bertz CT molecular complexity index is 1270. The van der Waals surface area contributed by atoms with Crippen molar-refractivity contribution in [3.63, 3.8) is 0 Å². The van der Waals surface area contributed by atoms with Crippen molar-refractivity contribution in [3.05, 3.63) is 71.2 Å². The van der Waals surface area contributed by atoms with Crippen LogP contribution in [0.15, 0.2) is 53.1 Å². The highest BCUT2D eigenvalue weighted by molar-refractivity contribution is 6.06. The van der Waals surface area contributed by atoms with Crippen LogP contribution in [-0.2, 0) is 6.54 Å². The molecule has 0 atom stereocenters. The molecule has 0 saturated heterocycles. The number of benzene rings is 2. The summed E-state index contributed by atoms with van der Waals surface area (Å²) in [6.07, 6.45) is 0. The van der Waals surface area contributed by atoms with E-state index in [9.17, 15) is 9.18 Å². The Labute approximate surface area is 170 Å². The first-order valence-corrected chi connectivity index (χ1v) is 9.28. The van der Waals surface area contributed by atoms with Gasteiger partial charge in [-0.25, -0.2) is 9.37 Å². The van der Waals surface area contributed by atoms with E-state index in [1.54, 1.807) is 25.1 Å². The summed E-state index contributed by atoms with van der Waals surface area (Å²) < 4.78 is 29.3. The molecule has 7 nitrogen and oxygen atoms in total. The Morgan fingerprint density at radius 2 is 1.90 bits per heavy atom. The van der Waals surface area contributed by atoms with Gasteiger partial charge < -0.3 is 19.3 Å². The predicted octanol–water partition coefficient (Wildman–Crippen LogP) is 4.00. The van der Waals surface area contributed by atoms with E-state index in [4.69, 9.17) is 14.0 Å². The second-order valence-corrected chi connectivity index (χ2v) is 6.88. The van der Waals surface area contributed by atoms with Crippen molar-refractivity contribution < 1.29 is 23.2 Å². The van der Waals surface area contributed by atoms with Gasteiger partial charge in [-0.2, -0.15) is 0 Å². The lowest BCUT2D eigenvalue weighted by Crippen LogP contribution is -2.23. The lowest BCUT2D eigenvalue weighted by Gasteiger charge is -2.09. The van der Waals surface area contributed by atoms with Crippen LogP contribution in [0, 0.1) is 12.7 Å². The maximum absolute atomic E-state index is 13.3. The monoisotopic (exact) mass is 405 g/mol. The van der Waals surface area contributed by atoms with Gasteiger partial charge in [0.2, 0.25) is 6.79 Å². The van der Waals surface area contributed by atoms with Crippen molar-refractivity contribution >= 4 is 17.0 Å². The minimum atomic E-state index is -0.350. The van der Waals surface area contributed by atoms with Crippen LogP contribution in [0.4, 0.5) is 4.39 Å². The molecular formula is C22H16FN3O4. The average Bonchev–Trinajstić information content (AvgIpc) is 3.38. The third kappa shape index (κ3) is 3.22. The number of nitrogens with one attached hydrogen (secondary N) is 1. The molecular weight excluding hydrogens is 389 g/mol. The van der Waals surface area contributed by atoms with E-state index in [1.165, 1.54) is 12.1 Å². The molecule has 0 spiro atoms. The van der Waals surface area contributed by atoms with Gasteiger partial charge in [0.1, 0.15) is 5.82 Å². The highest BCUT2D eigenvalue weighted by Crippen LogP contribution is 2.32. The maximum atomic E-state index is 13.3. The van der Waals surface area contributed by atoms with Gasteiger partial charge >= 0.3 is 0 Å². The minimum Gasteiger partial charge on any atom is -0.454 e. The predicted molar refractivity (Wildman–Crippen MR) is 106 cm³/mol. The molecule has 0 saturated carbocycles. The standard InChI is InChI=1S/C22H16FN3O4/c1-12-20-16(21(27)24-10-13-2-7-18-19(8-13)29-11-28-18)9-17(25-22(20)30-26-12)14-3-5-15(23)6-4-14/h2-9H,10-11H2,1H3,(H,24,27). The number of aryl methyl sites for hydroxylation is 1. The van der Waals surface area contributed by atoms with Gasteiger partial charge in [-0.05, 0) is 55.0 Å². The zero-order valence-electron chi connectivity index (χ0n) is 15.9. The Morgan fingerprint density at radius 1 is 1.10 bits per heavy atom. The Morgan fingerprint density at radius 3 is 2.73 bits per heavy atom. The molecule has 0 aliphatic carbocycles. The molecule has 30 heavy (non-hydrogen) atoms. The molecule has 3 heterocycles. The smallest absolute Gasteiger partial charge is 0.259 e. The topological polar surface area (TPSA) is 86.5 Å². The quantitative estimate of drug-likeness (QED) is 0.552. The number of carbonyl (C=O) groups is 1. The molecule has 2 aromatic heterocycles. The Balaban J connectivity index is 1.46. The van der Waals surface area contributed by atoms with Crippen LogP contribution >= 0.6 is 0 Å². The number of aromatic nitrogens is 2. The largest absolute Gasteiger partial charge is 0.454 e. The summed E-state index contributed by atoms with van der Waals surface area (Å²) in [5, 5.41) is 7.39. The normalized spacial score (nSPS) is 12.3. The van der Waals surface area contributed by atoms with Crippen LogP contribution in [0.3, 0.4) is 0 Å². The van der Waals surface area contributed by atoms with E-state index < -0.39 is 0 Å². The minimum absolute atomic E-state index is 0.194. The van der Waals surface area contributed by atoms with Gasteiger partial charge in [0.25, 0.3) is 11.6 Å². The zero-order chi connectivity index (χ0) is 20.7. The fourth-order valence-corrected chi connectivity index (χ4v) is 3.37. The molecule has 1 amide bonds. The number of hydrogen-bond acceptors (Lipinski definition) is 6. The summed E-state index contributed by atoms with van der Waals surface area (Å²) in [6.45, 7) is 2.24. The van der Waals surface area contributed by atoms with E-state index in [-0.39, 0.29) is 24.2 Å². The van der Waals surface area contributed by atoms with Crippen LogP contribution in [0.25, 0.3) is 22.4 Å². The van der Waals surface area contributed by atoms with Crippen molar-refractivity contribution in [3.8, 4) is 22.8 Å². The van der Waals surface area contributed by atoms with E-state index in [0.29, 0.717) is 45.9 Å². The summed E-state index contributed by atoms with van der Waals surface area (Å²) in [7, 11) is 0. The second kappa shape index (κ2) is 7.14. The molecule has 1 aliphatic heterocycles. The number of carbonyl (C=O) groups excluding carboxylic acids is 1. The molecule has 5 rings (SSSR count). The first kappa shape index (κ1) is 18.1. The number of ether oxygens (including phenoxy) is 2. The molecule has 150 valence electrons. The first-order chi connectivity index (χ1) is 14.6. The van der Waals surface area contributed by atoms with Gasteiger partial charge in [0.05, 0.1) is 22.3 Å². The van der Waals surface area contributed by atoms with Crippen molar-refractivity contribution in [2.75, 3.05) is 6.79 Å².